The molecule has 0 unspecified atom stereocenters. The van der Waals surface area contributed by atoms with Crippen molar-refractivity contribution in [2.45, 2.75) is 50.7 Å². The van der Waals surface area contributed by atoms with E-state index in [1.165, 1.54) is 0 Å². The minimum absolute atomic E-state index is 0.0975. The number of carboxylic acid groups (broad SMARTS) is 1. The van der Waals surface area contributed by atoms with E-state index in [-0.39, 0.29) is 5.13 Å². The molecule has 1 aliphatic rings. The molecule has 0 saturated heterocycles. The van der Waals surface area contributed by atoms with Crippen molar-refractivity contribution < 1.29 is 23.1 Å². The highest BCUT2D eigenvalue weighted by atomic mass is 32.1. The highest BCUT2D eigenvalue weighted by Gasteiger charge is 2.43. The fourth-order valence-electron chi connectivity index (χ4n) is 2.56. The van der Waals surface area contributed by atoms with Crippen LogP contribution in [0.4, 0.5) is 18.3 Å². The first-order valence-electron chi connectivity index (χ1n) is 6.69. The molecule has 21 heavy (non-hydrogen) atoms. The van der Waals surface area contributed by atoms with Gasteiger partial charge in [0.05, 0.1) is 0 Å². The summed E-state index contributed by atoms with van der Waals surface area (Å²) in [6, 6.07) is 0. The summed E-state index contributed by atoms with van der Waals surface area (Å²) in [5, 5.41) is 17.4. The molecule has 1 heterocycles. The minimum Gasteiger partial charge on any atom is -0.480 e. The standard InChI is InChI=1S/C12H16F3N3O2S/c1-2-7-3-5-11(6-4-7,9(19)20)16-10-18-17-8(21-10)12(13,14)15/h7H,2-6H2,1H3,(H,16,18)(H,19,20). The van der Waals surface area contributed by atoms with Crippen LogP contribution in [0, 0.1) is 5.92 Å². The topological polar surface area (TPSA) is 75.1 Å². The summed E-state index contributed by atoms with van der Waals surface area (Å²) >= 11 is 0.334. The molecule has 1 aromatic rings. The highest BCUT2D eigenvalue weighted by molar-refractivity contribution is 7.15. The van der Waals surface area contributed by atoms with Crippen LogP contribution >= 0.6 is 11.3 Å². The third-order valence-corrected chi connectivity index (χ3v) is 4.84. The number of carbonyl (C=O) groups is 1. The van der Waals surface area contributed by atoms with Crippen LogP contribution in [0.1, 0.15) is 44.0 Å². The number of alkyl halides is 3. The van der Waals surface area contributed by atoms with Gasteiger partial charge in [0.15, 0.2) is 0 Å². The first-order chi connectivity index (χ1) is 9.77. The number of hydrogen-bond acceptors (Lipinski definition) is 5. The largest absolute Gasteiger partial charge is 0.480 e. The molecule has 9 heteroatoms. The van der Waals surface area contributed by atoms with Crippen LogP contribution in [-0.4, -0.2) is 26.8 Å². The SMILES string of the molecule is CCC1CCC(Nc2nnc(C(F)(F)F)s2)(C(=O)O)CC1. The molecule has 118 valence electrons. The van der Waals surface area contributed by atoms with Gasteiger partial charge in [0, 0.05) is 0 Å². The van der Waals surface area contributed by atoms with Crippen LogP contribution in [0.15, 0.2) is 0 Å². The van der Waals surface area contributed by atoms with Gasteiger partial charge in [0.25, 0.3) is 0 Å². The Morgan fingerprint density at radius 1 is 1.43 bits per heavy atom. The number of nitrogens with zero attached hydrogens (tertiary/aromatic N) is 2. The Kier molecular flexibility index (Phi) is 4.40. The molecular formula is C12H16F3N3O2S. The number of nitrogens with one attached hydrogen (secondary N) is 1. The smallest absolute Gasteiger partial charge is 0.445 e. The van der Waals surface area contributed by atoms with Crippen molar-refractivity contribution in [1.82, 2.24) is 10.2 Å². The predicted molar refractivity (Wildman–Crippen MR) is 71.1 cm³/mol. The fourth-order valence-corrected chi connectivity index (χ4v) is 3.27. The molecule has 0 amide bonds. The van der Waals surface area contributed by atoms with E-state index in [0.717, 1.165) is 19.3 Å². The van der Waals surface area contributed by atoms with E-state index in [1.807, 2.05) is 6.92 Å². The third kappa shape index (κ3) is 3.45. The second kappa shape index (κ2) is 5.78. The van der Waals surface area contributed by atoms with Crippen LogP contribution in [0.2, 0.25) is 0 Å². The molecule has 0 aromatic carbocycles. The first kappa shape index (κ1) is 16.0. The van der Waals surface area contributed by atoms with Gasteiger partial charge in [-0.1, -0.05) is 24.7 Å². The van der Waals surface area contributed by atoms with Gasteiger partial charge in [-0.3, -0.25) is 0 Å². The molecule has 1 aliphatic carbocycles. The quantitative estimate of drug-likeness (QED) is 0.888. The monoisotopic (exact) mass is 323 g/mol. The van der Waals surface area contributed by atoms with E-state index in [0.29, 0.717) is 30.1 Å². The Hall–Kier alpha value is -1.38. The Morgan fingerprint density at radius 2 is 2.05 bits per heavy atom. The Morgan fingerprint density at radius 3 is 2.48 bits per heavy atom. The van der Waals surface area contributed by atoms with Crippen molar-refractivity contribution in [2.24, 2.45) is 5.92 Å². The van der Waals surface area contributed by atoms with Crippen LogP contribution in [0.3, 0.4) is 0 Å². The van der Waals surface area contributed by atoms with Crippen LogP contribution in [0.5, 0.6) is 0 Å². The maximum Gasteiger partial charge on any atom is 0.445 e. The van der Waals surface area contributed by atoms with Gasteiger partial charge in [0.2, 0.25) is 10.1 Å². The highest BCUT2D eigenvalue weighted by Crippen LogP contribution is 2.39. The zero-order chi connectivity index (χ0) is 15.7. The van der Waals surface area contributed by atoms with Crippen molar-refractivity contribution in [2.75, 3.05) is 5.32 Å². The summed E-state index contributed by atoms with van der Waals surface area (Å²) in [7, 11) is 0. The van der Waals surface area contributed by atoms with Gasteiger partial charge < -0.3 is 10.4 Å². The number of rotatable bonds is 4. The number of halogens is 3. The summed E-state index contributed by atoms with van der Waals surface area (Å²) in [6.07, 6.45) is -1.36. The maximum atomic E-state index is 12.5. The number of hydrogen-bond donors (Lipinski definition) is 2. The molecule has 0 radical (unpaired) electrons. The summed E-state index contributed by atoms with van der Waals surface area (Å²) in [6.45, 7) is 2.05. The summed E-state index contributed by atoms with van der Waals surface area (Å²) < 4.78 is 37.5. The molecule has 0 spiro atoms. The number of anilines is 1. The van der Waals surface area contributed by atoms with Crippen molar-refractivity contribution >= 4 is 22.4 Å². The lowest BCUT2D eigenvalue weighted by molar-refractivity contribution is -0.144. The second-order valence-electron chi connectivity index (χ2n) is 5.27. The van der Waals surface area contributed by atoms with E-state index in [1.54, 1.807) is 0 Å². The summed E-state index contributed by atoms with van der Waals surface area (Å²) in [4.78, 5) is 11.6. The maximum absolute atomic E-state index is 12.5. The van der Waals surface area contributed by atoms with E-state index in [4.69, 9.17) is 0 Å². The molecule has 0 atom stereocenters. The van der Waals surface area contributed by atoms with Gasteiger partial charge in [-0.2, -0.15) is 13.2 Å². The van der Waals surface area contributed by atoms with Gasteiger partial charge in [0.1, 0.15) is 5.54 Å². The third-order valence-electron chi connectivity index (χ3n) is 3.96. The van der Waals surface area contributed by atoms with Crippen molar-refractivity contribution in [3.05, 3.63) is 5.01 Å². The van der Waals surface area contributed by atoms with Gasteiger partial charge in [-0.25, -0.2) is 4.79 Å². The lowest BCUT2D eigenvalue weighted by Crippen LogP contribution is -2.49. The van der Waals surface area contributed by atoms with Crippen molar-refractivity contribution in [3.63, 3.8) is 0 Å². The molecule has 1 fully saturated rings. The minimum atomic E-state index is -4.56. The molecule has 1 saturated carbocycles. The lowest BCUT2D eigenvalue weighted by Gasteiger charge is -2.36. The van der Waals surface area contributed by atoms with E-state index < -0.39 is 22.7 Å². The van der Waals surface area contributed by atoms with Gasteiger partial charge >= 0.3 is 12.1 Å². The first-order valence-corrected chi connectivity index (χ1v) is 7.51. The molecule has 0 bridgehead atoms. The molecule has 1 aromatic heterocycles. The lowest BCUT2D eigenvalue weighted by atomic mass is 9.75. The number of aliphatic carboxylic acids is 1. The van der Waals surface area contributed by atoms with Crippen LogP contribution in [0.25, 0.3) is 0 Å². The Balaban J connectivity index is 2.14. The van der Waals surface area contributed by atoms with Crippen LogP contribution < -0.4 is 5.32 Å². The van der Waals surface area contributed by atoms with Crippen molar-refractivity contribution in [1.29, 1.82) is 0 Å². The van der Waals surface area contributed by atoms with E-state index in [9.17, 15) is 23.1 Å². The van der Waals surface area contributed by atoms with E-state index >= 15 is 0 Å². The summed E-state index contributed by atoms with van der Waals surface area (Å²) in [5.41, 5.74) is -1.24. The second-order valence-corrected chi connectivity index (χ2v) is 6.25. The predicted octanol–water partition coefficient (Wildman–Crippen LogP) is 3.39. The Labute approximate surface area is 123 Å². The van der Waals surface area contributed by atoms with Crippen LogP contribution in [-0.2, 0) is 11.0 Å². The number of carboxylic acids is 1. The molecular weight excluding hydrogens is 307 g/mol. The fraction of sp³-hybridized carbons (Fsp3) is 0.750. The van der Waals surface area contributed by atoms with Crippen molar-refractivity contribution in [3.8, 4) is 0 Å². The molecule has 2 N–H and O–H groups in total. The summed E-state index contributed by atoms with van der Waals surface area (Å²) in [5.74, 6) is -0.583. The van der Waals surface area contributed by atoms with Gasteiger partial charge in [-0.15, -0.1) is 10.2 Å². The zero-order valence-corrected chi connectivity index (χ0v) is 12.2. The average Bonchev–Trinajstić information content (AvgIpc) is 2.88. The molecule has 0 aliphatic heterocycles. The normalized spacial score (nSPS) is 26.6. The number of aromatic nitrogens is 2. The molecule has 5 nitrogen and oxygen atoms in total. The average molecular weight is 323 g/mol. The zero-order valence-electron chi connectivity index (χ0n) is 11.4. The van der Waals surface area contributed by atoms with E-state index in [2.05, 4.69) is 15.5 Å². The Bertz CT molecular complexity index is 510. The van der Waals surface area contributed by atoms with Gasteiger partial charge in [-0.05, 0) is 31.6 Å². The molecule has 2 rings (SSSR count).